The molecule has 1 fully saturated rings. The lowest BCUT2D eigenvalue weighted by Crippen LogP contribution is -2.49. The molecule has 0 radical (unpaired) electrons. The lowest BCUT2D eigenvalue weighted by Gasteiger charge is -2.28. The third-order valence-electron chi connectivity index (χ3n) is 3.75. The van der Waals surface area contributed by atoms with E-state index in [0.29, 0.717) is 16.3 Å². The number of aryl methyl sites for hydroxylation is 1. The molecule has 1 heterocycles. The van der Waals surface area contributed by atoms with E-state index in [2.05, 4.69) is 15.3 Å². The molecule has 7 heteroatoms. The topological polar surface area (TPSA) is 95.1 Å². The lowest BCUT2D eigenvalue weighted by molar-refractivity contribution is 0.0833. The fourth-order valence-corrected chi connectivity index (χ4v) is 3.28. The summed E-state index contributed by atoms with van der Waals surface area (Å²) in [6.07, 6.45) is 5.33. The molecule has 6 nitrogen and oxygen atoms in total. The molecule has 3 N–H and O–H groups in total. The number of nitrogens with one attached hydrogen (secondary N) is 2. The smallest absolute Gasteiger partial charge is 0.346 e. The molecule has 20 heavy (non-hydrogen) atoms. The number of amides is 1. The minimum Gasteiger partial charge on any atom is -0.394 e. The van der Waals surface area contributed by atoms with Crippen molar-refractivity contribution in [3.63, 3.8) is 0 Å². The Bertz CT molecular complexity index is 564. The van der Waals surface area contributed by atoms with Crippen LogP contribution in [0.4, 0.5) is 0 Å². The summed E-state index contributed by atoms with van der Waals surface area (Å²) in [6.45, 7) is 1.61. The van der Waals surface area contributed by atoms with Crippen LogP contribution in [0.3, 0.4) is 0 Å². The molecule has 1 aliphatic rings. The number of carbonyl (C=O) groups is 1. The Morgan fingerprint density at radius 1 is 1.50 bits per heavy atom. The van der Waals surface area contributed by atoms with E-state index >= 15 is 0 Å². The van der Waals surface area contributed by atoms with E-state index in [0.717, 1.165) is 25.7 Å². The van der Waals surface area contributed by atoms with Crippen LogP contribution in [0.1, 0.15) is 41.7 Å². The Hall–Kier alpha value is -1.34. The second-order valence-corrected chi connectivity index (χ2v) is 5.95. The van der Waals surface area contributed by atoms with Gasteiger partial charge in [0.05, 0.1) is 17.7 Å². The van der Waals surface area contributed by atoms with E-state index < -0.39 is 11.2 Å². The molecule has 1 saturated carbocycles. The number of hydrogen-bond acceptors (Lipinski definition) is 5. The van der Waals surface area contributed by atoms with Crippen LogP contribution in [0.2, 0.25) is 0 Å². The predicted molar refractivity (Wildman–Crippen MR) is 77.1 cm³/mol. The van der Waals surface area contributed by atoms with Crippen LogP contribution in [-0.4, -0.2) is 39.4 Å². The SMILES string of the molecule is CSc1nc(=O)[nH]c(C)c1C(=O)NC1(CO)CCCC1. The average molecular weight is 297 g/mol. The number of nitrogens with zero attached hydrogens (tertiary/aromatic N) is 1. The van der Waals surface area contributed by atoms with Crippen LogP contribution in [0, 0.1) is 6.92 Å². The van der Waals surface area contributed by atoms with Gasteiger partial charge in [-0.15, -0.1) is 11.8 Å². The number of thioether (sulfide) groups is 1. The first kappa shape index (κ1) is 15.1. The number of H-pyrrole nitrogens is 1. The van der Waals surface area contributed by atoms with E-state index in [1.807, 2.05) is 0 Å². The fourth-order valence-electron chi connectivity index (χ4n) is 2.65. The third-order valence-corrected chi connectivity index (χ3v) is 4.43. The van der Waals surface area contributed by atoms with Gasteiger partial charge in [0.2, 0.25) is 0 Å². The quantitative estimate of drug-likeness (QED) is 0.565. The first-order valence-corrected chi connectivity index (χ1v) is 7.82. The largest absolute Gasteiger partial charge is 0.394 e. The summed E-state index contributed by atoms with van der Waals surface area (Å²) in [6, 6.07) is 0. The van der Waals surface area contributed by atoms with Gasteiger partial charge >= 0.3 is 5.69 Å². The number of carbonyl (C=O) groups excluding carboxylic acids is 1. The first-order chi connectivity index (χ1) is 9.51. The van der Waals surface area contributed by atoms with Crippen LogP contribution in [0.5, 0.6) is 0 Å². The maximum absolute atomic E-state index is 12.5. The summed E-state index contributed by atoms with van der Waals surface area (Å²) in [5, 5.41) is 12.9. The molecule has 1 aromatic rings. The van der Waals surface area contributed by atoms with Gasteiger partial charge in [-0.1, -0.05) is 12.8 Å². The van der Waals surface area contributed by atoms with Crippen LogP contribution < -0.4 is 11.0 Å². The monoisotopic (exact) mass is 297 g/mol. The van der Waals surface area contributed by atoms with Gasteiger partial charge in [-0.25, -0.2) is 4.79 Å². The van der Waals surface area contributed by atoms with Crippen molar-refractivity contribution in [3.05, 3.63) is 21.7 Å². The number of aliphatic hydroxyl groups is 1. The van der Waals surface area contributed by atoms with Crippen molar-refractivity contribution in [2.24, 2.45) is 0 Å². The minimum atomic E-state index is -0.532. The lowest BCUT2D eigenvalue weighted by atomic mass is 9.98. The summed E-state index contributed by atoms with van der Waals surface area (Å²) in [5.41, 5.74) is -0.106. The molecular formula is C13H19N3O3S. The van der Waals surface area contributed by atoms with Crippen molar-refractivity contribution in [2.75, 3.05) is 12.9 Å². The number of hydrogen-bond donors (Lipinski definition) is 3. The highest BCUT2D eigenvalue weighted by Crippen LogP contribution is 2.30. The average Bonchev–Trinajstić information content (AvgIpc) is 2.86. The van der Waals surface area contributed by atoms with E-state index in [1.54, 1.807) is 13.2 Å². The van der Waals surface area contributed by atoms with Crippen LogP contribution in [0.25, 0.3) is 0 Å². The van der Waals surface area contributed by atoms with E-state index in [1.165, 1.54) is 11.8 Å². The van der Waals surface area contributed by atoms with Crippen molar-refractivity contribution in [1.29, 1.82) is 0 Å². The zero-order chi connectivity index (χ0) is 14.8. The highest BCUT2D eigenvalue weighted by Gasteiger charge is 2.35. The van der Waals surface area contributed by atoms with Crippen molar-refractivity contribution >= 4 is 17.7 Å². The fraction of sp³-hybridized carbons (Fsp3) is 0.615. The maximum atomic E-state index is 12.5. The maximum Gasteiger partial charge on any atom is 0.346 e. The van der Waals surface area contributed by atoms with Gasteiger partial charge in [-0.2, -0.15) is 4.98 Å². The van der Waals surface area contributed by atoms with Gasteiger partial charge in [-0.3, -0.25) is 4.79 Å². The number of aromatic nitrogens is 2. The molecular weight excluding hydrogens is 278 g/mol. The molecule has 0 saturated heterocycles. The Kier molecular flexibility index (Phi) is 4.49. The molecule has 1 aromatic heterocycles. The van der Waals surface area contributed by atoms with Crippen LogP contribution >= 0.6 is 11.8 Å². The number of aliphatic hydroxyl groups excluding tert-OH is 1. The van der Waals surface area contributed by atoms with Gasteiger partial charge in [0, 0.05) is 5.69 Å². The Morgan fingerprint density at radius 3 is 2.70 bits per heavy atom. The molecule has 1 aliphatic carbocycles. The van der Waals surface area contributed by atoms with Crippen molar-refractivity contribution < 1.29 is 9.90 Å². The zero-order valence-corrected chi connectivity index (χ0v) is 12.5. The van der Waals surface area contributed by atoms with E-state index in [-0.39, 0.29) is 12.5 Å². The molecule has 0 aliphatic heterocycles. The zero-order valence-electron chi connectivity index (χ0n) is 11.7. The summed E-state index contributed by atoms with van der Waals surface area (Å²) < 4.78 is 0. The highest BCUT2D eigenvalue weighted by molar-refractivity contribution is 7.98. The minimum absolute atomic E-state index is 0.0663. The molecule has 0 bridgehead atoms. The molecule has 0 spiro atoms. The Morgan fingerprint density at radius 2 is 2.15 bits per heavy atom. The summed E-state index contributed by atoms with van der Waals surface area (Å²) in [7, 11) is 0. The number of aromatic amines is 1. The van der Waals surface area contributed by atoms with Crippen molar-refractivity contribution in [2.45, 2.75) is 43.2 Å². The Labute approximate surface area is 121 Å². The summed E-state index contributed by atoms with van der Waals surface area (Å²) in [4.78, 5) is 30.2. The molecule has 0 atom stereocenters. The highest BCUT2D eigenvalue weighted by atomic mass is 32.2. The second-order valence-electron chi connectivity index (χ2n) is 5.15. The van der Waals surface area contributed by atoms with Gasteiger partial charge in [-0.05, 0) is 26.0 Å². The summed E-state index contributed by atoms with van der Waals surface area (Å²) in [5.74, 6) is -0.286. The Balaban J connectivity index is 2.32. The van der Waals surface area contributed by atoms with Crippen molar-refractivity contribution in [1.82, 2.24) is 15.3 Å². The first-order valence-electron chi connectivity index (χ1n) is 6.59. The van der Waals surface area contributed by atoms with E-state index in [4.69, 9.17) is 0 Å². The molecule has 0 unspecified atom stereocenters. The number of rotatable bonds is 4. The molecule has 0 aromatic carbocycles. The second kappa shape index (κ2) is 5.97. The molecule has 110 valence electrons. The molecule has 2 rings (SSSR count). The molecule has 1 amide bonds. The van der Waals surface area contributed by atoms with Gasteiger partial charge in [0.1, 0.15) is 5.03 Å². The normalized spacial score (nSPS) is 17.1. The standard InChI is InChI=1S/C13H19N3O3S/c1-8-9(11(20-2)15-12(19)14-8)10(18)16-13(7-17)5-3-4-6-13/h17H,3-7H2,1-2H3,(H,16,18)(H,14,15,19). The van der Waals surface area contributed by atoms with Gasteiger partial charge in [0.15, 0.2) is 0 Å². The van der Waals surface area contributed by atoms with Gasteiger partial charge in [0.25, 0.3) is 5.91 Å². The van der Waals surface area contributed by atoms with Crippen LogP contribution in [0.15, 0.2) is 9.82 Å². The van der Waals surface area contributed by atoms with Crippen LogP contribution in [-0.2, 0) is 0 Å². The van der Waals surface area contributed by atoms with Gasteiger partial charge < -0.3 is 15.4 Å². The summed E-state index contributed by atoms with van der Waals surface area (Å²) >= 11 is 1.26. The third kappa shape index (κ3) is 2.88. The van der Waals surface area contributed by atoms with Crippen molar-refractivity contribution in [3.8, 4) is 0 Å². The van der Waals surface area contributed by atoms with E-state index in [9.17, 15) is 14.7 Å². The predicted octanol–water partition coefficient (Wildman–Crippen LogP) is 0.835.